The zero-order valence-electron chi connectivity index (χ0n) is 8.73. The molecule has 0 amide bonds. The molecule has 0 spiro atoms. The van der Waals surface area contributed by atoms with Gasteiger partial charge in [-0.15, -0.1) is 0 Å². The lowest BCUT2D eigenvalue weighted by Crippen LogP contribution is -2.39. The predicted octanol–water partition coefficient (Wildman–Crippen LogP) is 0.406. The van der Waals surface area contributed by atoms with Gasteiger partial charge in [-0.25, -0.2) is 0 Å². The highest BCUT2D eigenvalue weighted by Gasteiger charge is 2.26. The first-order valence-electron chi connectivity index (χ1n) is 4.90. The van der Waals surface area contributed by atoms with Crippen LogP contribution in [0.15, 0.2) is 39.9 Å². The summed E-state index contributed by atoms with van der Waals surface area (Å²) in [5.74, 6) is 0. The fourth-order valence-electron chi connectivity index (χ4n) is 1.72. The molecule has 0 bridgehead atoms. The van der Waals surface area contributed by atoms with Gasteiger partial charge in [-0.2, -0.15) is 0 Å². The van der Waals surface area contributed by atoms with Crippen LogP contribution in [0.1, 0.15) is 17.2 Å². The molecule has 0 fully saturated rings. The smallest absolute Gasteiger partial charge is 0.249 e. The van der Waals surface area contributed by atoms with Crippen molar-refractivity contribution in [2.75, 3.05) is 12.4 Å². The summed E-state index contributed by atoms with van der Waals surface area (Å²) in [5, 5.41) is 12.6. The first kappa shape index (κ1) is 10.6. The molecule has 2 aromatic rings. The van der Waals surface area contributed by atoms with Gasteiger partial charge in [0, 0.05) is 7.05 Å². The van der Waals surface area contributed by atoms with E-state index in [0.717, 1.165) is 0 Å². The zero-order chi connectivity index (χ0) is 11.7. The molecular formula is C12H11NO3. The first-order chi connectivity index (χ1) is 7.66. The monoisotopic (exact) mass is 217 g/mol. The lowest BCUT2D eigenvalue weighted by Gasteiger charge is -2.16. The summed E-state index contributed by atoms with van der Waals surface area (Å²) < 4.78 is 0. The Labute approximate surface area is 91.9 Å². The molecule has 0 aliphatic heterocycles. The molecule has 4 heteroatoms. The minimum atomic E-state index is -1.03. The molecule has 1 atom stereocenters. The maximum Gasteiger partial charge on any atom is 0.249 e. The molecule has 2 aromatic carbocycles. The van der Waals surface area contributed by atoms with Crippen molar-refractivity contribution in [3.8, 4) is 0 Å². The van der Waals surface area contributed by atoms with Crippen molar-refractivity contribution in [3.63, 3.8) is 0 Å². The Kier molecular flexibility index (Phi) is 2.58. The van der Waals surface area contributed by atoms with Gasteiger partial charge in [-0.1, -0.05) is 30.3 Å². The summed E-state index contributed by atoms with van der Waals surface area (Å²) in [6.07, 6.45) is -1.03. The number of aliphatic hydroxyl groups excluding tert-OH is 1. The van der Waals surface area contributed by atoms with Crippen molar-refractivity contribution in [2.24, 2.45) is 0 Å². The first-order valence-corrected chi connectivity index (χ1v) is 4.90. The lowest BCUT2D eigenvalue weighted by atomic mass is 9.96. The average Bonchev–Trinajstić information content (AvgIpc) is 2.34. The molecule has 2 rings (SSSR count). The van der Waals surface area contributed by atoms with Gasteiger partial charge in [0.05, 0.1) is 11.3 Å². The second-order valence-electron chi connectivity index (χ2n) is 3.51. The molecule has 82 valence electrons. The Morgan fingerprint density at radius 2 is 1.75 bits per heavy atom. The lowest BCUT2D eigenvalue weighted by molar-refractivity contribution is 0.218. The third-order valence-corrected chi connectivity index (χ3v) is 2.59. The van der Waals surface area contributed by atoms with E-state index in [1.807, 2.05) is 6.07 Å². The standard InChI is InChI=1S/C12H11NO3/c1-13-9-8(11(15)12(9)16)10(14)7-5-3-2-4-6-7/h2-6,10,13-14H,1H3. The largest absolute Gasteiger partial charge is 0.384 e. The van der Waals surface area contributed by atoms with Crippen LogP contribution in [0.2, 0.25) is 0 Å². The summed E-state index contributed by atoms with van der Waals surface area (Å²) in [5.41, 5.74) is -0.209. The summed E-state index contributed by atoms with van der Waals surface area (Å²) in [6, 6.07) is 8.77. The Bertz CT molecular complexity index is 567. The van der Waals surface area contributed by atoms with Crippen LogP contribution in [-0.4, -0.2) is 12.2 Å². The van der Waals surface area contributed by atoms with Crippen molar-refractivity contribution < 1.29 is 5.11 Å². The van der Waals surface area contributed by atoms with E-state index >= 15 is 0 Å². The number of rotatable bonds is 3. The third-order valence-electron chi connectivity index (χ3n) is 2.59. The highest BCUT2D eigenvalue weighted by molar-refractivity contribution is 5.58. The van der Waals surface area contributed by atoms with Crippen molar-refractivity contribution in [1.82, 2.24) is 0 Å². The molecule has 4 nitrogen and oxygen atoms in total. The second-order valence-corrected chi connectivity index (χ2v) is 3.51. The molecule has 0 saturated carbocycles. The third kappa shape index (κ3) is 1.44. The van der Waals surface area contributed by atoms with Crippen molar-refractivity contribution in [1.29, 1.82) is 0 Å². The summed E-state index contributed by atoms with van der Waals surface area (Å²) in [4.78, 5) is 22.5. The minimum Gasteiger partial charge on any atom is -0.384 e. The van der Waals surface area contributed by atoms with E-state index < -0.39 is 17.0 Å². The summed E-state index contributed by atoms with van der Waals surface area (Å²) in [7, 11) is 1.55. The fourth-order valence-corrected chi connectivity index (χ4v) is 1.72. The Morgan fingerprint density at radius 1 is 1.12 bits per heavy atom. The van der Waals surface area contributed by atoms with E-state index in [4.69, 9.17) is 0 Å². The highest BCUT2D eigenvalue weighted by Crippen LogP contribution is 2.23. The normalized spacial score (nSPS) is 12.6. The molecule has 0 heterocycles. The SMILES string of the molecule is CNc1c(C(O)c2ccccc2)c(=O)c1=O. The molecule has 16 heavy (non-hydrogen) atoms. The van der Waals surface area contributed by atoms with Crippen molar-refractivity contribution in [3.05, 3.63) is 61.9 Å². The molecular weight excluding hydrogens is 206 g/mol. The molecule has 2 N–H and O–H groups in total. The van der Waals surface area contributed by atoms with Crippen molar-refractivity contribution in [2.45, 2.75) is 6.10 Å². The van der Waals surface area contributed by atoms with Gasteiger partial charge in [0.1, 0.15) is 6.10 Å². The van der Waals surface area contributed by atoms with Gasteiger partial charge < -0.3 is 10.4 Å². The van der Waals surface area contributed by atoms with Gasteiger partial charge in [0.25, 0.3) is 0 Å². The number of aliphatic hydroxyl groups is 1. The van der Waals surface area contributed by atoms with Gasteiger partial charge in [-0.05, 0) is 5.56 Å². The Balaban J connectivity index is 2.43. The van der Waals surface area contributed by atoms with Crippen LogP contribution in [0.5, 0.6) is 0 Å². The second kappa shape index (κ2) is 3.90. The molecule has 1 unspecified atom stereocenters. The Morgan fingerprint density at radius 3 is 2.31 bits per heavy atom. The maximum absolute atomic E-state index is 11.3. The fraction of sp³-hybridized carbons (Fsp3) is 0.167. The van der Waals surface area contributed by atoms with Crippen LogP contribution in [-0.2, 0) is 0 Å². The maximum atomic E-state index is 11.3. The van der Waals surface area contributed by atoms with Gasteiger partial charge in [0.2, 0.25) is 10.9 Å². The van der Waals surface area contributed by atoms with Crippen LogP contribution in [0, 0.1) is 0 Å². The molecule has 0 radical (unpaired) electrons. The summed E-state index contributed by atoms with van der Waals surface area (Å²) >= 11 is 0. The molecule has 0 aliphatic rings. The number of anilines is 1. The minimum absolute atomic E-state index is 0.152. The van der Waals surface area contributed by atoms with Crippen LogP contribution in [0.25, 0.3) is 0 Å². The topological polar surface area (TPSA) is 66.4 Å². The van der Waals surface area contributed by atoms with E-state index in [1.54, 1.807) is 31.3 Å². The van der Waals surface area contributed by atoms with E-state index in [2.05, 4.69) is 5.32 Å². The predicted molar refractivity (Wildman–Crippen MR) is 61.4 cm³/mol. The number of nitrogens with one attached hydrogen (secondary N) is 1. The zero-order valence-corrected chi connectivity index (χ0v) is 8.73. The van der Waals surface area contributed by atoms with Crippen LogP contribution in [0.3, 0.4) is 0 Å². The van der Waals surface area contributed by atoms with E-state index in [0.29, 0.717) is 5.56 Å². The molecule has 0 aliphatic carbocycles. The van der Waals surface area contributed by atoms with Crippen LogP contribution >= 0.6 is 0 Å². The van der Waals surface area contributed by atoms with Gasteiger partial charge >= 0.3 is 0 Å². The molecule has 0 aromatic heterocycles. The van der Waals surface area contributed by atoms with Crippen LogP contribution < -0.4 is 16.2 Å². The van der Waals surface area contributed by atoms with Gasteiger partial charge in [0.15, 0.2) is 0 Å². The number of benzene rings is 1. The molecule has 0 saturated heterocycles. The van der Waals surface area contributed by atoms with E-state index in [1.165, 1.54) is 0 Å². The number of hydrogen-bond donors (Lipinski definition) is 2. The highest BCUT2D eigenvalue weighted by atomic mass is 16.3. The quantitative estimate of drug-likeness (QED) is 0.731. The van der Waals surface area contributed by atoms with Crippen LogP contribution in [0.4, 0.5) is 5.69 Å². The van der Waals surface area contributed by atoms with E-state index in [9.17, 15) is 14.7 Å². The average molecular weight is 217 g/mol. The summed E-state index contributed by atoms with van der Waals surface area (Å²) in [6.45, 7) is 0. The van der Waals surface area contributed by atoms with Crippen molar-refractivity contribution >= 4 is 5.69 Å². The Hall–Kier alpha value is -1.94. The van der Waals surface area contributed by atoms with Gasteiger partial charge in [-0.3, -0.25) is 9.59 Å². The number of hydrogen-bond acceptors (Lipinski definition) is 4. The van der Waals surface area contributed by atoms with E-state index in [-0.39, 0.29) is 11.3 Å².